The van der Waals surface area contributed by atoms with Gasteiger partial charge in [0.25, 0.3) is 0 Å². The monoisotopic (exact) mass is 364 g/mol. The van der Waals surface area contributed by atoms with Gasteiger partial charge in [0.2, 0.25) is 0 Å². The van der Waals surface area contributed by atoms with Crippen molar-refractivity contribution in [2.45, 2.75) is 69.3 Å². The molecule has 0 heterocycles. The van der Waals surface area contributed by atoms with Crippen LogP contribution in [0.25, 0.3) is 0 Å². The molecule has 0 saturated heterocycles. The standard InChI is InChI=1S/C21H26ClFO2/c1-12-5-13-6-15(10-21(2,22)9-13)20(12)25-19-8-18(23)16(11-24)7-17(19)14-3-4-14/h7-8,11-15,20H,3-6,9-10H2,1-2H3. The number of benzene rings is 1. The number of hydrogen-bond acceptors (Lipinski definition) is 2. The van der Waals surface area contributed by atoms with Crippen LogP contribution in [0.15, 0.2) is 12.1 Å². The first kappa shape index (κ1) is 17.3. The molecule has 0 amide bonds. The summed E-state index contributed by atoms with van der Waals surface area (Å²) in [5.74, 6) is 2.10. The molecule has 3 aliphatic carbocycles. The Morgan fingerprint density at radius 3 is 2.72 bits per heavy atom. The Morgan fingerprint density at radius 2 is 2.04 bits per heavy atom. The molecule has 25 heavy (non-hydrogen) atoms. The van der Waals surface area contributed by atoms with E-state index in [2.05, 4.69) is 13.8 Å². The van der Waals surface area contributed by atoms with Crippen molar-refractivity contribution in [3.63, 3.8) is 0 Å². The fourth-order valence-electron chi connectivity index (χ4n) is 5.24. The van der Waals surface area contributed by atoms with Crippen LogP contribution in [0, 0.1) is 23.6 Å². The third-order valence-corrected chi connectivity index (χ3v) is 6.61. The number of ether oxygens (including phenoxy) is 1. The Hall–Kier alpha value is -1.09. The Kier molecular flexibility index (Phi) is 4.34. The zero-order valence-corrected chi connectivity index (χ0v) is 15.7. The predicted molar refractivity (Wildman–Crippen MR) is 97.0 cm³/mol. The summed E-state index contributed by atoms with van der Waals surface area (Å²) in [6.45, 7) is 4.38. The molecule has 3 fully saturated rings. The first-order chi connectivity index (χ1) is 11.9. The molecule has 0 N–H and O–H groups in total. The molecule has 1 aromatic carbocycles. The maximum Gasteiger partial charge on any atom is 0.153 e. The average molecular weight is 365 g/mol. The van der Waals surface area contributed by atoms with Gasteiger partial charge in [0.05, 0.1) is 5.56 Å². The van der Waals surface area contributed by atoms with E-state index >= 15 is 0 Å². The van der Waals surface area contributed by atoms with Gasteiger partial charge in [-0.15, -0.1) is 11.6 Å². The minimum atomic E-state index is -0.485. The fraction of sp³-hybridized carbons (Fsp3) is 0.667. The van der Waals surface area contributed by atoms with Gasteiger partial charge in [-0.2, -0.15) is 0 Å². The van der Waals surface area contributed by atoms with E-state index in [-0.39, 0.29) is 16.5 Å². The van der Waals surface area contributed by atoms with Gasteiger partial charge in [0, 0.05) is 10.9 Å². The summed E-state index contributed by atoms with van der Waals surface area (Å²) in [7, 11) is 0. The highest BCUT2D eigenvalue weighted by Gasteiger charge is 2.46. The van der Waals surface area contributed by atoms with Crippen LogP contribution in [0.5, 0.6) is 5.75 Å². The van der Waals surface area contributed by atoms with Crippen molar-refractivity contribution in [3.05, 3.63) is 29.1 Å². The van der Waals surface area contributed by atoms with Gasteiger partial charge in [0.1, 0.15) is 17.7 Å². The minimum Gasteiger partial charge on any atom is -0.489 e. The van der Waals surface area contributed by atoms with Crippen molar-refractivity contribution in [3.8, 4) is 5.75 Å². The van der Waals surface area contributed by atoms with Gasteiger partial charge in [-0.1, -0.05) is 6.92 Å². The topological polar surface area (TPSA) is 26.3 Å². The van der Waals surface area contributed by atoms with Crippen molar-refractivity contribution < 1.29 is 13.9 Å². The smallest absolute Gasteiger partial charge is 0.153 e. The van der Waals surface area contributed by atoms with Crippen molar-refractivity contribution in [2.24, 2.45) is 17.8 Å². The molecule has 1 aromatic rings. The quantitative estimate of drug-likeness (QED) is 0.504. The van der Waals surface area contributed by atoms with Crippen LogP contribution in [-0.4, -0.2) is 17.3 Å². The number of aldehydes is 1. The van der Waals surface area contributed by atoms with Crippen LogP contribution in [0.4, 0.5) is 4.39 Å². The molecule has 136 valence electrons. The van der Waals surface area contributed by atoms with E-state index in [1.165, 1.54) is 6.07 Å². The highest BCUT2D eigenvalue weighted by Crippen LogP contribution is 2.51. The molecule has 3 aliphatic rings. The van der Waals surface area contributed by atoms with Gasteiger partial charge in [-0.3, -0.25) is 4.79 Å². The summed E-state index contributed by atoms with van der Waals surface area (Å²) in [5.41, 5.74) is 1.14. The molecule has 4 rings (SSSR count). The molecule has 3 saturated carbocycles. The second-order valence-electron chi connectivity index (χ2n) is 8.78. The largest absolute Gasteiger partial charge is 0.489 e. The molecule has 2 nitrogen and oxygen atoms in total. The van der Waals surface area contributed by atoms with E-state index in [1.54, 1.807) is 6.07 Å². The molecular formula is C21H26ClFO2. The van der Waals surface area contributed by atoms with Crippen LogP contribution in [0.1, 0.15) is 74.2 Å². The second-order valence-corrected chi connectivity index (χ2v) is 9.70. The predicted octanol–water partition coefficient (Wildman–Crippen LogP) is 5.72. The normalized spacial score (nSPS) is 37.6. The molecule has 0 spiro atoms. The van der Waals surface area contributed by atoms with Crippen LogP contribution >= 0.6 is 11.6 Å². The summed E-state index contributed by atoms with van der Waals surface area (Å²) in [6.07, 6.45) is 7.17. The fourth-order valence-corrected chi connectivity index (χ4v) is 5.65. The Balaban J connectivity index is 1.62. The molecular weight excluding hydrogens is 339 g/mol. The first-order valence-electron chi connectivity index (χ1n) is 9.50. The molecule has 2 bridgehead atoms. The van der Waals surface area contributed by atoms with Crippen molar-refractivity contribution in [1.29, 1.82) is 0 Å². The number of carbonyl (C=O) groups excluding carboxylic acids is 1. The van der Waals surface area contributed by atoms with Gasteiger partial charge in [-0.25, -0.2) is 4.39 Å². The number of halogens is 2. The van der Waals surface area contributed by atoms with Crippen molar-refractivity contribution >= 4 is 17.9 Å². The Morgan fingerprint density at radius 1 is 1.28 bits per heavy atom. The van der Waals surface area contributed by atoms with Crippen LogP contribution in [0.2, 0.25) is 0 Å². The van der Waals surface area contributed by atoms with Crippen LogP contribution in [-0.2, 0) is 0 Å². The Bertz CT molecular complexity index is 681. The number of carbonyl (C=O) groups is 1. The summed E-state index contributed by atoms with van der Waals surface area (Å²) in [6, 6.07) is 3.12. The van der Waals surface area contributed by atoms with Gasteiger partial charge in [0.15, 0.2) is 6.29 Å². The van der Waals surface area contributed by atoms with Crippen molar-refractivity contribution in [1.82, 2.24) is 0 Å². The number of fused-ring (bicyclic) bond motifs is 2. The molecule has 0 aromatic heterocycles. The summed E-state index contributed by atoms with van der Waals surface area (Å²) in [4.78, 5) is 10.9. The third kappa shape index (κ3) is 3.45. The average Bonchev–Trinajstić information content (AvgIpc) is 3.34. The highest BCUT2D eigenvalue weighted by molar-refractivity contribution is 6.23. The lowest BCUT2D eigenvalue weighted by atomic mass is 9.63. The van der Waals surface area contributed by atoms with Gasteiger partial charge in [-0.05, 0) is 80.8 Å². The molecule has 0 radical (unpaired) electrons. The number of alkyl halides is 1. The lowest BCUT2D eigenvalue weighted by Gasteiger charge is -2.48. The summed E-state index contributed by atoms with van der Waals surface area (Å²) in [5, 5.41) is 0. The molecule has 5 unspecified atom stereocenters. The van der Waals surface area contributed by atoms with Gasteiger partial charge < -0.3 is 4.74 Å². The maximum absolute atomic E-state index is 14.2. The second kappa shape index (κ2) is 6.26. The molecule has 0 aliphatic heterocycles. The zero-order chi connectivity index (χ0) is 17.8. The number of rotatable bonds is 4. The summed E-state index contributed by atoms with van der Waals surface area (Å²) >= 11 is 6.69. The third-order valence-electron chi connectivity index (χ3n) is 6.31. The minimum absolute atomic E-state index is 0.0774. The van der Waals surface area contributed by atoms with Gasteiger partial charge >= 0.3 is 0 Å². The zero-order valence-electron chi connectivity index (χ0n) is 14.9. The maximum atomic E-state index is 14.2. The molecule has 4 heteroatoms. The van der Waals surface area contributed by atoms with E-state index in [0.717, 1.165) is 44.1 Å². The SMILES string of the molecule is CC1CC2CC(CC(C)(Cl)C2)C1Oc1cc(F)c(C=O)cc1C1CC1. The first-order valence-corrected chi connectivity index (χ1v) is 9.88. The van der Waals surface area contributed by atoms with E-state index in [4.69, 9.17) is 16.3 Å². The van der Waals surface area contributed by atoms with Crippen molar-refractivity contribution in [2.75, 3.05) is 0 Å². The summed E-state index contributed by atoms with van der Waals surface area (Å²) < 4.78 is 20.7. The van der Waals surface area contributed by atoms with E-state index < -0.39 is 5.82 Å². The Labute approximate surface area is 154 Å². The highest BCUT2D eigenvalue weighted by atomic mass is 35.5. The van der Waals surface area contributed by atoms with E-state index in [0.29, 0.717) is 35.7 Å². The molecule has 5 atom stereocenters. The number of hydrogen-bond donors (Lipinski definition) is 0. The van der Waals surface area contributed by atoms with Crippen LogP contribution in [0.3, 0.4) is 0 Å². The lowest BCUT2D eigenvalue weighted by Crippen LogP contribution is -2.47. The van der Waals surface area contributed by atoms with E-state index in [1.807, 2.05) is 0 Å². The lowest BCUT2D eigenvalue weighted by molar-refractivity contribution is -0.0115. The van der Waals surface area contributed by atoms with Crippen LogP contribution < -0.4 is 4.74 Å². The van der Waals surface area contributed by atoms with E-state index in [9.17, 15) is 9.18 Å².